The molecule has 1 fully saturated rings. The first-order valence-corrected chi connectivity index (χ1v) is 9.62. The second-order valence-corrected chi connectivity index (χ2v) is 7.57. The van der Waals surface area contributed by atoms with Crippen molar-refractivity contribution < 1.29 is 0 Å². The summed E-state index contributed by atoms with van der Waals surface area (Å²) in [4.78, 5) is 12.1. The van der Waals surface area contributed by atoms with E-state index in [0.29, 0.717) is 18.3 Å². The molecule has 2 aromatic rings. The van der Waals surface area contributed by atoms with Gasteiger partial charge in [-0.25, -0.2) is 0 Å². The predicted octanol–water partition coefficient (Wildman–Crippen LogP) is 3.57. The van der Waals surface area contributed by atoms with E-state index in [1.807, 2.05) is 0 Å². The summed E-state index contributed by atoms with van der Waals surface area (Å²) in [5.74, 6) is 2.06. The van der Waals surface area contributed by atoms with Crippen LogP contribution in [0.15, 0.2) is 24.3 Å². The highest BCUT2D eigenvalue weighted by molar-refractivity contribution is 5.29. The molecule has 1 atom stereocenters. The minimum Gasteiger partial charge on any atom is -0.368 e. The summed E-state index contributed by atoms with van der Waals surface area (Å²) in [7, 11) is 0. The third-order valence-corrected chi connectivity index (χ3v) is 5.24. The smallest absolute Gasteiger partial charge is 0.225 e. The molecule has 0 unspecified atom stereocenters. The number of aromatic nitrogens is 3. The number of hydrogen-bond donors (Lipinski definition) is 3. The monoisotopic (exact) mass is 354 g/mol. The van der Waals surface area contributed by atoms with Crippen LogP contribution in [0.5, 0.6) is 0 Å². The highest BCUT2D eigenvalue weighted by Gasteiger charge is 2.19. The van der Waals surface area contributed by atoms with Gasteiger partial charge in [0.15, 0.2) is 0 Å². The molecule has 1 aromatic carbocycles. The third kappa shape index (κ3) is 4.69. The van der Waals surface area contributed by atoms with Crippen molar-refractivity contribution in [2.75, 3.05) is 11.5 Å². The molecule has 3 rings (SSSR count). The maximum Gasteiger partial charge on any atom is 0.225 e. The Hall–Kier alpha value is -2.21. The molecule has 1 aliphatic rings. The van der Waals surface area contributed by atoms with Crippen molar-refractivity contribution in [3.8, 4) is 0 Å². The molecule has 6 nitrogen and oxygen atoms in total. The normalized spacial score (nSPS) is 16.7. The van der Waals surface area contributed by atoms with E-state index in [2.05, 4.69) is 58.4 Å². The molecule has 0 spiro atoms. The highest BCUT2D eigenvalue weighted by atomic mass is 15.2. The lowest BCUT2D eigenvalue weighted by Gasteiger charge is -2.25. The van der Waals surface area contributed by atoms with Gasteiger partial charge in [-0.15, -0.1) is 0 Å². The van der Waals surface area contributed by atoms with Crippen LogP contribution in [0.1, 0.15) is 74.9 Å². The van der Waals surface area contributed by atoms with E-state index in [9.17, 15) is 0 Å². The van der Waals surface area contributed by atoms with Crippen LogP contribution < -0.4 is 16.8 Å². The highest BCUT2D eigenvalue weighted by Crippen LogP contribution is 2.33. The van der Waals surface area contributed by atoms with Crippen molar-refractivity contribution in [1.29, 1.82) is 0 Å². The van der Waals surface area contributed by atoms with Gasteiger partial charge >= 0.3 is 0 Å². The first kappa shape index (κ1) is 18.6. The fourth-order valence-corrected chi connectivity index (χ4v) is 3.89. The number of benzene rings is 1. The lowest BCUT2D eigenvalue weighted by Crippen LogP contribution is -2.26. The third-order valence-electron chi connectivity index (χ3n) is 5.24. The minimum atomic E-state index is 0.159. The number of nitrogen functional groups attached to an aromatic ring is 2. The summed E-state index contributed by atoms with van der Waals surface area (Å²) in [6.07, 6.45) is 6.77. The topological polar surface area (TPSA) is 103 Å². The number of rotatable bonds is 6. The minimum absolute atomic E-state index is 0.159. The molecule has 140 valence electrons. The molecule has 0 amide bonds. The molecular weight excluding hydrogens is 324 g/mol. The zero-order valence-electron chi connectivity index (χ0n) is 15.8. The lowest BCUT2D eigenvalue weighted by atomic mass is 9.83. The fraction of sp³-hybridized carbons (Fsp3) is 0.550. The van der Waals surface area contributed by atoms with Crippen LogP contribution in [-0.2, 0) is 6.54 Å². The average molecular weight is 355 g/mol. The van der Waals surface area contributed by atoms with Crippen LogP contribution in [-0.4, -0.2) is 15.0 Å². The number of anilines is 2. The van der Waals surface area contributed by atoms with Gasteiger partial charge in [-0.05, 0) is 35.8 Å². The van der Waals surface area contributed by atoms with E-state index in [4.69, 9.17) is 11.5 Å². The molecule has 0 aliphatic heterocycles. The van der Waals surface area contributed by atoms with Crippen molar-refractivity contribution in [2.45, 2.75) is 64.5 Å². The molecule has 26 heavy (non-hydrogen) atoms. The van der Waals surface area contributed by atoms with E-state index in [0.717, 1.165) is 5.92 Å². The molecule has 1 saturated carbocycles. The number of hydrogen-bond acceptors (Lipinski definition) is 6. The Morgan fingerprint density at radius 1 is 0.962 bits per heavy atom. The molecule has 5 N–H and O–H groups in total. The van der Waals surface area contributed by atoms with Gasteiger partial charge in [0.1, 0.15) is 5.82 Å². The van der Waals surface area contributed by atoms with Gasteiger partial charge in [0, 0.05) is 6.04 Å². The molecule has 0 bridgehead atoms. The van der Waals surface area contributed by atoms with Crippen LogP contribution >= 0.6 is 0 Å². The van der Waals surface area contributed by atoms with Crippen LogP contribution in [0, 0.1) is 5.92 Å². The largest absolute Gasteiger partial charge is 0.368 e. The quantitative estimate of drug-likeness (QED) is 0.733. The van der Waals surface area contributed by atoms with E-state index in [-0.39, 0.29) is 17.9 Å². The van der Waals surface area contributed by atoms with Gasteiger partial charge in [0.25, 0.3) is 0 Å². The molecule has 6 heteroatoms. The van der Waals surface area contributed by atoms with Crippen LogP contribution in [0.2, 0.25) is 0 Å². The molecule has 0 saturated heterocycles. The predicted molar refractivity (Wildman–Crippen MR) is 105 cm³/mol. The van der Waals surface area contributed by atoms with Gasteiger partial charge in [-0.2, -0.15) is 15.0 Å². The SMILES string of the molecule is CC(C)[C@@H](NCc1nc(N)nc(N)n1)c1ccc(C2CCCCC2)cc1. The van der Waals surface area contributed by atoms with E-state index < -0.39 is 0 Å². The summed E-state index contributed by atoms with van der Waals surface area (Å²) < 4.78 is 0. The van der Waals surface area contributed by atoms with Crippen molar-refractivity contribution in [2.24, 2.45) is 5.92 Å². The second kappa shape index (κ2) is 8.45. The summed E-state index contributed by atoms with van der Waals surface area (Å²) in [5, 5.41) is 3.54. The Balaban J connectivity index is 1.68. The Morgan fingerprint density at radius 2 is 1.58 bits per heavy atom. The summed E-state index contributed by atoms with van der Waals surface area (Å²) >= 11 is 0. The maximum atomic E-state index is 5.65. The summed E-state index contributed by atoms with van der Waals surface area (Å²) in [5.41, 5.74) is 14.1. The van der Waals surface area contributed by atoms with Crippen molar-refractivity contribution in [3.63, 3.8) is 0 Å². The van der Waals surface area contributed by atoms with E-state index >= 15 is 0 Å². The van der Waals surface area contributed by atoms with Gasteiger partial charge in [-0.1, -0.05) is 57.4 Å². The fourth-order valence-electron chi connectivity index (χ4n) is 3.89. The molecule has 1 heterocycles. The zero-order chi connectivity index (χ0) is 18.5. The lowest BCUT2D eigenvalue weighted by molar-refractivity contribution is 0.405. The summed E-state index contributed by atoms with van der Waals surface area (Å²) in [6.45, 7) is 4.93. The number of nitrogens with one attached hydrogen (secondary N) is 1. The zero-order valence-corrected chi connectivity index (χ0v) is 15.8. The Labute approximate surface area is 155 Å². The van der Waals surface area contributed by atoms with Crippen molar-refractivity contribution in [1.82, 2.24) is 20.3 Å². The van der Waals surface area contributed by atoms with Crippen LogP contribution in [0.4, 0.5) is 11.9 Å². The first-order valence-electron chi connectivity index (χ1n) is 9.62. The first-order chi connectivity index (χ1) is 12.5. The van der Waals surface area contributed by atoms with Crippen molar-refractivity contribution >= 4 is 11.9 Å². The van der Waals surface area contributed by atoms with Gasteiger partial charge < -0.3 is 16.8 Å². The van der Waals surface area contributed by atoms with Crippen LogP contribution in [0.25, 0.3) is 0 Å². The van der Waals surface area contributed by atoms with Gasteiger partial charge in [0.05, 0.1) is 6.54 Å². The maximum absolute atomic E-state index is 5.65. The van der Waals surface area contributed by atoms with E-state index in [1.165, 1.54) is 43.2 Å². The molecule has 0 radical (unpaired) electrons. The number of nitrogens with zero attached hydrogens (tertiary/aromatic N) is 3. The van der Waals surface area contributed by atoms with Crippen LogP contribution in [0.3, 0.4) is 0 Å². The molecule has 1 aromatic heterocycles. The Kier molecular flexibility index (Phi) is 6.04. The second-order valence-electron chi connectivity index (χ2n) is 7.57. The number of nitrogens with two attached hydrogens (primary N) is 2. The molecule has 1 aliphatic carbocycles. The molecular formula is C20H30N6. The Morgan fingerprint density at radius 3 is 2.15 bits per heavy atom. The Bertz CT molecular complexity index is 686. The summed E-state index contributed by atoms with van der Waals surface area (Å²) in [6, 6.07) is 9.35. The van der Waals surface area contributed by atoms with E-state index in [1.54, 1.807) is 0 Å². The van der Waals surface area contributed by atoms with Gasteiger partial charge in [0.2, 0.25) is 11.9 Å². The van der Waals surface area contributed by atoms with Gasteiger partial charge in [-0.3, -0.25) is 0 Å². The average Bonchev–Trinajstić information content (AvgIpc) is 2.62. The van der Waals surface area contributed by atoms with Crippen molar-refractivity contribution in [3.05, 3.63) is 41.2 Å². The standard InChI is InChI=1S/C20H30N6/c1-13(2)18(23-12-17-24-19(21)26-20(22)25-17)16-10-8-15(9-11-16)14-6-4-3-5-7-14/h8-11,13-14,18,23H,3-7,12H2,1-2H3,(H4,21,22,24,25,26)/t18-/m1/s1.